The predicted octanol–water partition coefficient (Wildman–Crippen LogP) is -0.876. The molecule has 6 heteroatoms. The summed E-state index contributed by atoms with van der Waals surface area (Å²) in [5.74, 6) is 3.97. The molecule has 0 spiro atoms. The van der Waals surface area contributed by atoms with Gasteiger partial charge in [0.05, 0.1) is 5.92 Å². The summed E-state index contributed by atoms with van der Waals surface area (Å²) in [6.07, 6.45) is 0.435. The highest BCUT2D eigenvalue weighted by molar-refractivity contribution is 6.07. The van der Waals surface area contributed by atoms with Gasteiger partial charge in [-0.3, -0.25) is 15.0 Å². The Bertz CT molecular complexity index is 287. The van der Waals surface area contributed by atoms with Gasteiger partial charge in [-0.2, -0.15) is 5.10 Å². The smallest absolute Gasteiger partial charge is 0.248 e. The fourth-order valence-corrected chi connectivity index (χ4v) is 1.37. The van der Waals surface area contributed by atoms with Crippen LogP contribution in [0.3, 0.4) is 0 Å². The summed E-state index contributed by atoms with van der Waals surface area (Å²) in [5, 5.41) is 3.79. The van der Waals surface area contributed by atoms with E-state index in [1.54, 1.807) is 13.8 Å². The average molecular weight is 198 g/mol. The molecule has 0 saturated heterocycles. The molecule has 1 heterocycles. The molecule has 1 aliphatic rings. The third-order valence-corrected chi connectivity index (χ3v) is 2.34. The van der Waals surface area contributed by atoms with E-state index in [2.05, 4.69) is 16.0 Å². The molecule has 0 aromatic rings. The number of carbonyl (C=O) groups is 2. The molecule has 0 saturated carbocycles. The first-order valence-corrected chi connectivity index (χ1v) is 4.40. The van der Waals surface area contributed by atoms with Gasteiger partial charge in [0.1, 0.15) is 0 Å². The number of hydrogen-bond donors (Lipinski definition) is 3. The molecule has 1 rings (SSSR count). The first kappa shape index (κ1) is 10.6. The summed E-state index contributed by atoms with van der Waals surface area (Å²) in [7, 11) is 0. The van der Waals surface area contributed by atoms with Crippen molar-refractivity contribution in [2.24, 2.45) is 22.8 Å². The fourth-order valence-electron chi connectivity index (χ4n) is 1.37. The van der Waals surface area contributed by atoms with Gasteiger partial charge in [-0.25, -0.2) is 11.3 Å². The van der Waals surface area contributed by atoms with Crippen LogP contribution in [0.5, 0.6) is 0 Å². The zero-order valence-electron chi connectivity index (χ0n) is 8.20. The van der Waals surface area contributed by atoms with Crippen molar-refractivity contribution < 1.29 is 9.59 Å². The molecule has 0 aromatic heterocycles. The zero-order valence-corrected chi connectivity index (χ0v) is 8.20. The maximum atomic E-state index is 11.2. The Morgan fingerprint density at radius 3 is 2.86 bits per heavy atom. The minimum Gasteiger partial charge on any atom is -0.294 e. The molecule has 0 fully saturated rings. The van der Waals surface area contributed by atoms with Crippen LogP contribution >= 0.6 is 0 Å². The van der Waals surface area contributed by atoms with Crippen LogP contribution in [0.2, 0.25) is 0 Å². The minimum atomic E-state index is -0.303. The van der Waals surface area contributed by atoms with Gasteiger partial charge in [0.2, 0.25) is 11.8 Å². The van der Waals surface area contributed by atoms with Crippen molar-refractivity contribution in [3.63, 3.8) is 0 Å². The van der Waals surface area contributed by atoms with E-state index in [0.717, 1.165) is 0 Å². The lowest BCUT2D eigenvalue weighted by Crippen LogP contribution is -2.37. The zero-order chi connectivity index (χ0) is 10.7. The summed E-state index contributed by atoms with van der Waals surface area (Å²) in [5.41, 5.74) is 5.14. The van der Waals surface area contributed by atoms with Crippen molar-refractivity contribution in [3.05, 3.63) is 0 Å². The van der Waals surface area contributed by atoms with E-state index in [9.17, 15) is 9.59 Å². The average Bonchev–Trinajstić information content (AvgIpc) is 2.48. The molecule has 2 amide bonds. The first-order chi connectivity index (χ1) is 6.56. The van der Waals surface area contributed by atoms with Gasteiger partial charge in [0, 0.05) is 11.6 Å². The maximum absolute atomic E-state index is 11.2. The SMILES string of the molecule is CC1=NNC(=O)[C@H]1C[C@@H](C)C(=O)NN. The van der Waals surface area contributed by atoms with Gasteiger partial charge < -0.3 is 0 Å². The minimum absolute atomic E-state index is 0.154. The second kappa shape index (κ2) is 4.19. The van der Waals surface area contributed by atoms with Crippen LogP contribution in [-0.2, 0) is 9.59 Å². The topological polar surface area (TPSA) is 96.6 Å². The second-order valence-electron chi connectivity index (χ2n) is 3.43. The van der Waals surface area contributed by atoms with E-state index >= 15 is 0 Å². The van der Waals surface area contributed by atoms with E-state index in [4.69, 9.17) is 5.84 Å². The molecule has 0 unspecified atom stereocenters. The largest absolute Gasteiger partial charge is 0.294 e. The molecule has 0 aromatic carbocycles. The lowest BCUT2D eigenvalue weighted by Gasteiger charge is -2.13. The summed E-state index contributed by atoms with van der Waals surface area (Å²) < 4.78 is 0. The predicted molar refractivity (Wildman–Crippen MR) is 50.9 cm³/mol. The Morgan fingerprint density at radius 2 is 2.43 bits per heavy atom. The first-order valence-electron chi connectivity index (χ1n) is 4.40. The van der Waals surface area contributed by atoms with Crippen molar-refractivity contribution in [1.29, 1.82) is 0 Å². The molecule has 0 bridgehead atoms. The summed E-state index contributed by atoms with van der Waals surface area (Å²) in [4.78, 5) is 22.3. The van der Waals surface area contributed by atoms with Crippen LogP contribution in [0.4, 0.5) is 0 Å². The molecule has 1 aliphatic heterocycles. The fraction of sp³-hybridized carbons (Fsp3) is 0.625. The number of nitrogens with one attached hydrogen (secondary N) is 2. The van der Waals surface area contributed by atoms with Gasteiger partial charge in [-0.15, -0.1) is 0 Å². The Labute approximate surface area is 81.9 Å². The van der Waals surface area contributed by atoms with Gasteiger partial charge in [0.25, 0.3) is 0 Å². The summed E-state index contributed by atoms with van der Waals surface area (Å²) in [6, 6.07) is 0. The van der Waals surface area contributed by atoms with Crippen LogP contribution in [-0.4, -0.2) is 17.5 Å². The van der Waals surface area contributed by atoms with Crippen molar-refractivity contribution in [3.8, 4) is 0 Å². The lowest BCUT2D eigenvalue weighted by atomic mass is 9.92. The van der Waals surface area contributed by atoms with Crippen LogP contribution in [0.25, 0.3) is 0 Å². The number of hydrazine groups is 1. The maximum Gasteiger partial charge on any atom is 0.248 e. The van der Waals surface area contributed by atoms with Gasteiger partial charge >= 0.3 is 0 Å². The van der Waals surface area contributed by atoms with Crippen molar-refractivity contribution >= 4 is 17.5 Å². The van der Waals surface area contributed by atoms with E-state index in [0.29, 0.717) is 12.1 Å². The highest BCUT2D eigenvalue weighted by Gasteiger charge is 2.30. The molecule has 78 valence electrons. The number of carbonyl (C=O) groups excluding carboxylic acids is 2. The Morgan fingerprint density at radius 1 is 1.79 bits per heavy atom. The number of amides is 2. The summed E-state index contributed by atoms with van der Waals surface area (Å²) >= 11 is 0. The number of hydrazone groups is 1. The molecule has 14 heavy (non-hydrogen) atoms. The lowest BCUT2D eigenvalue weighted by molar-refractivity contribution is -0.126. The third kappa shape index (κ3) is 2.08. The molecule has 0 radical (unpaired) electrons. The van der Waals surface area contributed by atoms with Crippen LogP contribution in [0.15, 0.2) is 5.10 Å². The molecule has 6 nitrogen and oxygen atoms in total. The number of hydrogen-bond acceptors (Lipinski definition) is 4. The summed E-state index contributed by atoms with van der Waals surface area (Å²) in [6.45, 7) is 3.48. The molecule has 2 atom stereocenters. The van der Waals surface area contributed by atoms with Crippen molar-refractivity contribution in [2.45, 2.75) is 20.3 Å². The molecular formula is C8H14N4O2. The van der Waals surface area contributed by atoms with E-state index in [1.165, 1.54) is 0 Å². The van der Waals surface area contributed by atoms with Crippen LogP contribution in [0, 0.1) is 11.8 Å². The van der Waals surface area contributed by atoms with Gasteiger partial charge in [-0.05, 0) is 13.3 Å². The Balaban J connectivity index is 2.56. The highest BCUT2D eigenvalue weighted by Crippen LogP contribution is 2.17. The van der Waals surface area contributed by atoms with Gasteiger partial charge in [0.15, 0.2) is 0 Å². The van der Waals surface area contributed by atoms with Crippen molar-refractivity contribution in [1.82, 2.24) is 10.9 Å². The number of nitrogens with two attached hydrogens (primary N) is 1. The normalized spacial score (nSPS) is 22.6. The second-order valence-corrected chi connectivity index (χ2v) is 3.43. The molecule has 0 aliphatic carbocycles. The van der Waals surface area contributed by atoms with Crippen molar-refractivity contribution in [2.75, 3.05) is 0 Å². The molecular weight excluding hydrogens is 184 g/mol. The number of rotatable bonds is 3. The number of nitrogens with zero attached hydrogens (tertiary/aromatic N) is 1. The van der Waals surface area contributed by atoms with E-state index in [1.807, 2.05) is 0 Å². The third-order valence-electron chi connectivity index (χ3n) is 2.34. The van der Waals surface area contributed by atoms with Crippen LogP contribution in [0.1, 0.15) is 20.3 Å². The van der Waals surface area contributed by atoms with Crippen LogP contribution < -0.4 is 16.7 Å². The van der Waals surface area contributed by atoms with Gasteiger partial charge in [-0.1, -0.05) is 6.92 Å². The standard InChI is InChI=1S/C8H14N4O2/c1-4(7(13)10-9)3-6-5(2)11-12-8(6)14/h4,6H,3,9H2,1-2H3,(H,10,13)(H,12,14)/t4-,6+/m1/s1. The quantitative estimate of drug-likeness (QED) is 0.312. The Hall–Kier alpha value is -1.43. The monoisotopic (exact) mass is 198 g/mol. The molecule has 4 N–H and O–H groups in total. The Kier molecular flexibility index (Phi) is 3.19. The highest BCUT2D eigenvalue weighted by atomic mass is 16.2. The van der Waals surface area contributed by atoms with E-state index < -0.39 is 0 Å². The van der Waals surface area contributed by atoms with E-state index in [-0.39, 0.29) is 23.7 Å².